The van der Waals surface area contributed by atoms with Gasteiger partial charge in [0.2, 0.25) is 0 Å². The number of aliphatic hydroxyl groups is 1. The predicted molar refractivity (Wildman–Crippen MR) is 60.1 cm³/mol. The van der Waals surface area contributed by atoms with Gasteiger partial charge in [0.15, 0.2) is 0 Å². The van der Waals surface area contributed by atoms with Gasteiger partial charge in [0.25, 0.3) is 0 Å². The summed E-state index contributed by atoms with van der Waals surface area (Å²) >= 11 is 5.17. The van der Waals surface area contributed by atoms with Gasteiger partial charge in [0.05, 0.1) is 0 Å². The van der Waals surface area contributed by atoms with Crippen molar-refractivity contribution in [2.45, 2.75) is 18.9 Å². The fraction of sp³-hybridized carbons (Fsp3) is 0.556. The lowest BCUT2D eigenvalue weighted by Crippen LogP contribution is -2.15. The topological polar surface area (TPSA) is 32.3 Å². The van der Waals surface area contributed by atoms with Gasteiger partial charge in [0.1, 0.15) is 0 Å². The maximum absolute atomic E-state index is 8.73. The molecule has 1 atom stereocenters. The first kappa shape index (κ1) is 11.2. The summed E-state index contributed by atoms with van der Waals surface area (Å²) in [5, 5.41) is 14.1. The van der Waals surface area contributed by atoms with Gasteiger partial charge in [-0.2, -0.15) is 0 Å². The molecule has 13 heavy (non-hydrogen) atoms. The predicted octanol–water partition coefficient (Wildman–Crippen LogP) is 2.54. The highest BCUT2D eigenvalue weighted by Gasteiger charge is 2.10. The lowest BCUT2D eigenvalue weighted by atomic mass is 10.1. The molecule has 1 aromatic heterocycles. The van der Waals surface area contributed by atoms with Crippen molar-refractivity contribution in [3.8, 4) is 0 Å². The van der Waals surface area contributed by atoms with Crippen LogP contribution >= 0.6 is 27.3 Å². The Hall–Kier alpha value is 0.1000. The van der Waals surface area contributed by atoms with Crippen molar-refractivity contribution in [1.82, 2.24) is 5.32 Å². The van der Waals surface area contributed by atoms with Crippen LogP contribution in [0.2, 0.25) is 0 Å². The van der Waals surface area contributed by atoms with Crippen molar-refractivity contribution < 1.29 is 5.11 Å². The third-order valence-electron chi connectivity index (χ3n) is 1.93. The van der Waals surface area contributed by atoms with Crippen molar-refractivity contribution >= 4 is 27.3 Å². The molecule has 1 aromatic rings. The summed E-state index contributed by atoms with van der Waals surface area (Å²) in [6, 6.07) is 2.51. The fourth-order valence-corrected chi connectivity index (χ4v) is 2.83. The zero-order valence-electron chi connectivity index (χ0n) is 7.59. The van der Waals surface area contributed by atoms with Crippen LogP contribution in [-0.2, 0) is 0 Å². The van der Waals surface area contributed by atoms with Crippen molar-refractivity contribution in [2.75, 3.05) is 13.7 Å². The van der Waals surface area contributed by atoms with Gasteiger partial charge in [-0.1, -0.05) is 0 Å². The van der Waals surface area contributed by atoms with E-state index < -0.39 is 0 Å². The number of aliphatic hydroxyl groups excluding tert-OH is 1. The maximum atomic E-state index is 8.73. The van der Waals surface area contributed by atoms with Gasteiger partial charge >= 0.3 is 0 Å². The van der Waals surface area contributed by atoms with Crippen LogP contribution in [0.15, 0.2) is 15.9 Å². The van der Waals surface area contributed by atoms with E-state index in [0.717, 1.165) is 17.3 Å². The number of hydrogen-bond donors (Lipinski definition) is 2. The molecule has 0 amide bonds. The minimum atomic E-state index is 0.269. The van der Waals surface area contributed by atoms with Crippen LogP contribution in [-0.4, -0.2) is 18.8 Å². The van der Waals surface area contributed by atoms with E-state index in [1.54, 1.807) is 11.3 Å². The summed E-state index contributed by atoms with van der Waals surface area (Å²) in [7, 11) is 1.95. The van der Waals surface area contributed by atoms with E-state index >= 15 is 0 Å². The second-order valence-corrected chi connectivity index (χ2v) is 4.73. The van der Waals surface area contributed by atoms with E-state index in [0.29, 0.717) is 6.04 Å². The molecule has 0 fully saturated rings. The van der Waals surface area contributed by atoms with E-state index in [1.165, 1.54) is 4.88 Å². The number of rotatable bonds is 5. The summed E-state index contributed by atoms with van der Waals surface area (Å²) in [5.41, 5.74) is 0. The Morgan fingerprint density at radius 1 is 1.69 bits per heavy atom. The third kappa shape index (κ3) is 3.38. The average molecular weight is 264 g/mol. The summed E-state index contributed by atoms with van der Waals surface area (Å²) in [5.74, 6) is 0. The molecule has 0 spiro atoms. The monoisotopic (exact) mass is 263 g/mol. The van der Waals surface area contributed by atoms with Crippen LogP contribution in [0.25, 0.3) is 0 Å². The molecule has 0 saturated heterocycles. The Morgan fingerprint density at radius 3 is 2.92 bits per heavy atom. The highest BCUT2D eigenvalue weighted by Crippen LogP contribution is 2.27. The molecule has 0 aliphatic heterocycles. The van der Waals surface area contributed by atoms with Crippen molar-refractivity contribution in [3.63, 3.8) is 0 Å². The number of halogens is 1. The standard InChI is InChI=1S/C9H14BrNOS/c1-11-8(3-2-4-12)9-5-7(10)6-13-9/h5-6,8,11-12H,2-4H2,1H3. The number of nitrogens with one attached hydrogen (secondary N) is 1. The largest absolute Gasteiger partial charge is 0.396 e. The summed E-state index contributed by atoms with van der Waals surface area (Å²) in [6.07, 6.45) is 1.83. The molecule has 1 rings (SSSR count). The summed E-state index contributed by atoms with van der Waals surface area (Å²) < 4.78 is 1.14. The molecule has 2 nitrogen and oxygen atoms in total. The second kappa shape index (κ2) is 5.75. The van der Waals surface area contributed by atoms with Crippen molar-refractivity contribution in [3.05, 3.63) is 20.8 Å². The van der Waals surface area contributed by atoms with Crippen LogP contribution < -0.4 is 5.32 Å². The lowest BCUT2D eigenvalue weighted by molar-refractivity contribution is 0.277. The smallest absolute Gasteiger partial charge is 0.0431 e. The van der Waals surface area contributed by atoms with Gasteiger partial charge in [-0.3, -0.25) is 0 Å². The second-order valence-electron chi connectivity index (χ2n) is 2.87. The molecule has 0 aliphatic rings. The highest BCUT2D eigenvalue weighted by molar-refractivity contribution is 9.10. The first-order chi connectivity index (χ1) is 6.27. The lowest BCUT2D eigenvalue weighted by Gasteiger charge is -2.12. The Bertz CT molecular complexity index is 252. The van der Waals surface area contributed by atoms with Crippen LogP contribution in [0.3, 0.4) is 0 Å². The molecule has 0 bridgehead atoms. The Morgan fingerprint density at radius 2 is 2.46 bits per heavy atom. The highest BCUT2D eigenvalue weighted by atomic mass is 79.9. The third-order valence-corrected chi connectivity index (χ3v) is 3.74. The molecule has 1 heterocycles. The van der Waals surface area contributed by atoms with Gasteiger partial charge < -0.3 is 10.4 Å². The van der Waals surface area contributed by atoms with Gasteiger partial charge in [-0.15, -0.1) is 11.3 Å². The van der Waals surface area contributed by atoms with Crippen molar-refractivity contribution in [1.29, 1.82) is 0 Å². The van der Waals surface area contributed by atoms with Crippen LogP contribution in [0.4, 0.5) is 0 Å². The molecule has 0 aromatic carbocycles. The van der Waals surface area contributed by atoms with E-state index in [2.05, 4.69) is 32.7 Å². The summed E-state index contributed by atoms with van der Waals surface area (Å²) in [6.45, 7) is 0.269. The van der Waals surface area contributed by atoms with Crippen LogP contribution in [0.5, 0.6) is 0 Å². The van der Waals surface area contributed by atoms with E-state index in [1.807, 2.05) is 7.05 Å². The minimum absolute atomic E-state index is 0.269. The Balaban J connectivity index is 2.56. The molecular weight excluding hydrogens is 250 g/mol. The van der Waals surface area contributed by atoms with Gasteiger partial charge in [-0.25, -0.2) is 0 Å². The van der Waals surface area contributed by atoms with E-state index in [-0.39, 0.29) is 6.61 Å². The summed E-state index contributed by atoms with van der Waals surface area (Å²) in [4.78, 5) is 1.32. The maximum Gasteiger partial charge on any atom is 0.0431 e. The zero-order chi connectivity index (χ0) is 9.68. The molecule has 4 heteroatoms. The fourth-order valence-electron chi connectivity index (χ4n) is 1.24. The van der Waals surface area contributed by atoms with Crippen LogP contribution in [0, 0.1) is 0 Å². The number of thiophene rings is 1. The molecule has 0 radical (unpaired) electrons. The molecule has 74 valence electrons. The number of hydrogen-bond acceptors (Lipinski definition) is 3. The molecule has 0 aliphatic carbocycles. The molecule has 1 unspecified atom stereocenters. The minimum Gasteiger partial charge on any atom is -0.396 e. The van der Waals surface area contributed by atoms with Crippen LogP contribution in [0.1, 0.15) is 23.8 Å². The van der Waals surface area contributed by atoms with Crippen molar-refractivity contribution in [2.24, 2.45) is 0 Å². The zero-order valence-corrected chi connectivity index (χ0v) is 9.99. The first-order valence-electron chi connectivity index (χ1n) is 4.30. The Labute approximate surface area is 91.1 Å². The van der Waals surface area contributed by atoms with Gasteiger partial charge in [0, 0.05) is 27.4 Å². The van der Waals surface area contributed by atoms with Gasteiger partial charge in [-0.05, 0) is 41.9 Å². The molecule has 0 saturated carbocycles. The van der Waals surface area contributed by atoms with E-state index in [4.69, 9.17) is 5.11 Å². The average Bonchev–Trinajstić information content (AvgIpc) is 2.54. The van der Waals surface area contributed by atoms with E-state index in [9.17, 15) is 0 Å². The normalized spacial score (nSPS) is 13.2. The quantitative estimate of drug-likeness (QED) is 0.856. The Kier molecular flexibility index (Phi) is 4.94. The SMILES string of the molecule is CNC(CCCO)c1cc(Br)cs1. The molecule has 2 N–H and O–H groups in total. The first-order valence-corrected chi connectivity index (χ1v) is 5.97. The molecular formula is C9H14BrNOS.